The van der Waals surface area contributed by atoms with E-state index in [1.807, 2.05) is 4.90 Å². The predicted octanol–water partition coefficient (Wildman–Crippen LogP) is -0.724. The molecule has 2 amide bonds. The van der Waals surface area contributed by atoms with Gasteiger partial charge in [0.05, 0.1) is 0 Å². The lowest BCUT2D eigenvalue weighted by atomic mass is 10.0. The Morgan fingerprint density at radius 3 is 2.62 bits per heavy atom. The standard InChI is InChI=1S/C14H23N5O2/c15-10-3-6-18(7-4-10)11-5-8-19(9-11)14(21)12-1-2-13(20)17-16-12/h10-11H,1-9,15H2,(H,17,20). The first-order valence-corrected chi connectivity index (χ1v) is 7.78. The van der Waals surface area contributed by atoms with Gasteiger partial charge in [0.15, 0.2) is 0 Å². The van der Waals surface area contributed by atoms with Crippen LogP contribution in [0.5, 0.6) is 0 Å². The van der Waals surface area contributed by atoms with E-state index in [0.717, 1.165) is 45.4 Å². The first kappa shape index (κ1) is 14.5. The number of nitrogens with one attached hydrogen (secondary N) is 1. The maximum absolute atomic E-state index is 12.4. The van der Waals surface area contributed by atoms with Crippen molar-refractivity contribution in [1.29, 1.82) is 0 Å². The van der Waals surface area contributed by atoms with Gasteiger partial charge in [-0.15, -0.1) is 0 Å². The lowest BCUT2D eigenvalue weighted by Crippen LogP contribution is -2.47. The zero-order valence-corrected chi connectivity index (χ0v) is 12.3. The van der Waals surface area contributed by atoms with E-state index in [0.29, 0.717) is 30.6 Å². The second-order valence-corrected chi connectivity index (χ2v) is 6.16. The minimum Gasteiger partial charge on any atom is -0.336 e. The molecule has 1 unspecified atom stereocenters. The highest BCUT2D eigenvalue weighted by molar-refractivity contribution is 6.39. The Labute approximate surface area is 124 Å². The molecule has 0 bridgehead atoms. The zero-order chi connectivity index (χ0) is 14.8. The van der Waals surface area contributed by atoms with Gasteiger partial charge >= 0.3 is 0 Å². The van der Waals surface area contributed by atoms with E-state index in [2.05, 4.69) is 15.4 Å². The second-order valence-electron chi connectivity index (χ2n) is 6.16. The molecule has 2 saturated heterocycles. The number of piperidine rings is 1. The third-order valence-electron chi connectivity index (χ3n) is 4.69. The van der Waals surface area contributed by atoms with Gasteiger partial charge in [-0.25, -0.2) is 5.43 Å². The highest BCUT2D eigenvalue weighted by atomic mass is 16.2. The Morgan fingerprint density at radius 2 is 1.95 bits per heavy atom. The fraction of sp³-hybridized carbons (Fsp3) is 0.786. The molecule has 0 aliphatic carbocycles. The average Bonchev–Trinajstić information content (AvgIpc) is 2.98. The largest absolute Gasteiger partial charge is 0.336 e. The summed E-state index contributed by atoms with van der Waals surface area (Å²) in [5.41, 5.74) is 8.81. The number of carbonyl (C=O) groups excluding carboxylic acids is 2. The van der Waals surface area contributed by atoms with E-state index < -0.39 is 0 Å². The van der Waals surface area contributed by atoms with Crippen LogP contribution in [-0.4, -0.2) is 65.6 Å². The van der Waals surface area contributed by atoms with Crippen LogP contribution in [0.1, 0.15) is 32.1 Å². The van der Waals surface area contributed by atoms with E-state index in [9.17, 15) is 9.59 Å². The molecule has 7 heteroatoms. The van der Waals surface area contributed by atoms with Crippen molar-refractivity contribution in [3.63, 3.8) is 0 Å². The maximum atomic E-state index is 12.4. The van der Waals surface area contributed by atoms with E-state index >= 15 is 0 Å². The lowest BCUT2D eigenvalue weighted by molar-refractivity contribution is -0.124. The predicted molar refractivity (Wildman–Crippen MR) is 78.6 cm³/mol. The van der Waals surface area contributed by atoms with Gasteiger partial charge in [-0.2, -0.15) is 5.10 Å². The fourth-order valence-corrected chi connectivity index (χ4v) is 3.32. The van der Waals surface area contributed by atoms with E-state index in [1.54, 1.807) is 0 Å². The summed E-state index contributed by atoms with van der Waals surface area (Å²) < 4.78 is 0. The van der Waals surface area contributed by atoms with Crippen molar-refractivity contribution in [2.24, 2.45) is 10.8 Å². The summed E-state index contributed by atoms with van der Waals surface area (Å²) in [5, 5.41) is 3.90. The molecule has 3 N–H and O–H groups in total. The van der Waals surface area contributed by atoms with Gasteiger partial charge in [0, 0.05) is 38.0 Å². The molecule has 0 saturated carbocycles. The summed E-state index contributed by atoms with van der Waals surface area (Å²) in [5.74, 6) is -0.137. The number of amides is 2. The van der Waals surface area contributed by atoms with E-state index in [1.165, 1.54) is 0 Å². The van der Waals surface area contributed by atoms with Crippen LogP contribution in [0.4, 0.5) is 0 Å². The first-order valence-electron chi connectivity index (χ1n) is 7.78. The summed E-state index contributed by atoms with van der Waals surface area (Å²) in [6, 6.07) is 0.779. The Kier molecular flexibility index (Phi) is 4.21. The van der Waals surface area contributed by atoms with Crippen molar-refractivity contribution in [3.8, 4) is 0 Å². The molecule has 7 nitrogen and oxygen atoms in total. The van der Waals surface area contributed by atoms with Crippen LogP contribution in [0.25, 0.3) is 0 Å². The topological polar surface area (TPSA) is 91.0 Å². The van der Waals surface area contributed by atoms with Crippen LogP contribution in [-0.2, 0) is 9.59 Å². The van der Waals surface area contributed by atoms with Crippen LogP contribution >= 0.6 is 0 Å². The summed E-state index contributed by atoms with van der Waals surface area (Å²) in [7, 11) is 0. The molecule has 3 aliphatic rings. The van der Waals surface area contributed by atoms with Crippen molar-refractivity contribution < 1.29 is 9.59 Å². The molecule has 3 aliphatic heterocycles. The third-order valence-corrected chi connectivity index (χ3v) is 4.69. The van der Waals surface area contributed by atoms with Crippen molar-refractivity contribution in [1.82, 2.24) is 15.2 Å². The Morgan fingerprint density at radius 1 is 1.19 bits per heavy atom. The number of likely N-dealkylation sites (tertiary alicyclic amines) is 2. The van der Waals surface area contributed by atoms with Gasteiger partial charge in [-0.1, -0.05) is 0 Å². The molecule has 3 rings (SSSR count). The smallest absolute Gasteiger partial charge is 0.270 e. The van der Waals surface area contributed by atoms with Crippen molar-refractivity contribution >= 4 is 17.5 Å². The summed E-state index contributed by atoms with van der Waals surface area (Å²) in [6.07, 6.45) is 3.91. The van der Waals surface area contributed by atoms with Gasteiger partial charge in [-0.05, 0) is 32.4 Å². The molecule has 2 fully saturated rings. The number of nitrogens with two attached hydrogens (primary N) is 1. The second kappa shape index (κ2) is 6.11. The molecule has 0 radical (unpaired) electrons. The molecule has 21 heavy (non-hydrogen) atoms. The number of nitrogens with zero attached hydrogens (tertiary/aromatic N) is 3. The molecule has 0 spiro atoms. The molecule has 3 heterocycles. The highest BCUT2D eigenvalue weighted by Gasteiger charge is 2.34. The summed E-state index contributed by atoms with van der Waals surface area (Å²) in [4.78, 5) is 27.8. The summed E-state index contributed by atoms with van der Waals surface area (Å²) >= 11 is 0. The minimum absolute atomic E-state index is 0.0220. The first-order chi connectivity index (χ1) is 10.1. The molecule has 1 atom stereocenters. The van der Waals surface area contributed by atoms with Crippen molar-refractivity contribution in [2.45, 2.75) is 44.2 Å². The zero-order valence-electron chi connectivity index (χ0n) is 12.3. The van der Waals surface area contributed by atoms with Crippen LogP contribution in [0, 0.1) is 0 Å². The number of hydrogen-bond donors (Lipinski definition) is 2. The summed E-state index contributed by atoms with van der Waals surface area (Å²) in [6.45, 7) is 3.61. The average molecular weight is 293 g/mol. The van der Waals surface area contributed by atoms with Crippen molar-refractivity contribution in [2.75, 3.05) is 26.2 Å². The van der Waals surface area contributed by atoms with Crippen LogP contribution in [0.2, 0.25) is 0 Å². The van der Waals surface area contributed by atoms with E-state index in [4.69, 9.17) is 5.73 Å². The van der Waals surface area contributed by atoms with E-state index in [-0.39, 0.29) is 11.8 Å². The van der Waals surface area contributed by atoms with Gasteiger partial charge < -0.3 is 10.6 Å². The molecule has 0 aromatic heterocycles. The number of rotatable bonds is 2. The van der Waals surface area contributed by atoms with Gasteiger partial charge in [0.1, 0.15) is 5.71 Å². The SMILES string of the molecule is NC1CCN(C2CCN(C(=O)C3=NNC(=O)CC3)C2)CC1. The van der Waals surface area contributed by atoms with Crippen LogP contribution < -0.4 is 11.2 Å². The minimum atomic E-state index is -0.115. The van der Waals surface area contributed by atoms with Crippen LogP contribution in [0.15, 0.2) is 5.10 Å². The van der Waals surface area contributed by atoms with Gasteiger partial charge in [0.25, 0.3) is 5.91 Å². The number of hydrogen-bond acceptors (Lipinski definition) is 5. The maximum Gasteiger partial charge on any atom is 0.270 e. The molecule has 0 aromatic rings. The highest BCUT2D eigenvalue weighted by Crippen LogP contribution is 2.20. The number of carbonyl (C=O) groups is 2. The Bertz CT molecular complexity index is 456. The monoisotopic (exact) mass is 293 g/mol. The number of hydrazone groups is 1. The Hall–Kier alpha value is -1.47. The molecule has 0 aromatic carbocycles. The Balaban J connectivity index is 1.54. The van der Waals surface area contributed by atoms with Gasteiger partial charge in [-0.3, -0.25) is 14.5 Å². The molecule has 116 valence electrons. The molecular formula is C14H23N5O2. The molecular weight excluding hydrogens is 270 g/mol. The van der Waals surface area contributed by atoms with Crippen molar-refractivity contribution in [3.05, 3.63) is 0 Å². The quantitative estimate of drug-likeness (QED) is 0.703. The fourth-order valence-electron chi connectivity index (χ4n) is 3.32. The van der Waals surface area contributed by atoms with Gasteiger partial charge in [0.2, 0.25) is 5.91 Å². The lowest BCUT2D eigenvalue weighted by Gasteiger charge is -2.34. The normalized spacial score (nSPS) is 28.4. The third kappa shape index (κ3) is 3.24. The van der Waals surface area contributed by atoms with Crippen LogP contribution in [0.3, 0.4) is 0 Å².